The number of aromatic nitrogens is 1. The number of para-hydroxylation sites is 1. The minimum Gasteiger partial charge on any atom is -0.361 e. The molecule has 1 aliphatic rings. The van der Waals surface area contributed by atoms with Gasteiger partial charge in [-0.3, -0.25) is 0 Å². The quantitative estimate of drug-likeness (QED) is 0.832. The Bertz CT molecular complexity index is 748. The molecule has 0 aliphatic carbocycles. The third kappa shape index (κ3) is 3.74. The first-order valence-electron chi connectivity index (χ1n) is 8.12. The average Bonchev–Trinajstić information content (AvgIpc) is 2.96. The molecule has 1 aromatic carbocycles. The Morgan fingerprint density at radius 1 is 1.17 bits per heavy atom. The highest BCUT2D eigenvalue weighted by molar-refractivity contribution is 7.87. The lowest BCUT2D eigenvalue weighted by Gasteiger charge is -2.33. The lowest BCUT2D eigenvalue weighted by atomic mass is 10.1. The summed E-state index contributed by atoms with van der Waals surface area (Å²) in [7, 11) is -3.29. The molecule has 1 aliphatic heterocycles. The van der Waals surface area contributed by atoms with E-state index in [1.54, 1.807) is 11.2 Å². The molecule has 1 saturated heterocycles. The molecule has 0 amide bonds. The minimum atomic E-state index is -3.29. The predicted octanol–water partition coefficient (Wildman–Crippen LogP) is 1.18. The van der Waals surface area contributed by atoms with Crippen molar-refractivity contribution in [3.05, 3.63) is 36.0 Å². The van der Waals surface area contributed by atoms with Crippen LogP contribution in [-0.4, -0.2) is 61.9 Å². The Balaban J connectivity index is 1.53. The molecular weight excluding hydrogens is 312 g/mol. The van der Waals surface area contributed by atoms with E-state index in [1.165, 1.54) is 16.5 Å². The number of nitrogens with zero attached hydrogens (tertiary/aromatic N) is 2. The van der Waals surface area contributed by atoms with Crippen molar-refractivity contribution in [3.63, 3.8) is 0 Å². The number of aromatic amines is 1. The van der Waals surface area contributed by atoms with Crippen LogP contribution in [0.5, 0.6) is 0 Å². The van der Waals surface area contributed by atoms with E-state index in [-0.39, 0.29) is 0 Å². The number of hydrogen-bond donors (Lipinski definition) is 2. The van der Waals surface area contributed by atoms with Gasteiger partial charge in [0.2, 0.25) is 0 Å². The summed E-state index contributed by atoms with van der Waals surface area (Å²) in [5.41, 5.74) is 2.49. The lowest BCUT2D eigenvalue weighted by molar-refractivity contribution is 0.189. The molecular formula is C16H24N4O2S. The molecule has 0 atom stereocenters. The van der Waals surface area contributed by atoms with Crippen LogP contribution in [0.25, 0.3) is 10.9 Å². The SMILES string of the molecule is CCNS(=O)(=O)N1CCN(CCc2c[nH]c3ccccc23)CC1. The van der Waals surface area contributed by atoms with Gasteiger partial charge in [0.25, 0.3) is 10.2 Å². The van der Waals surface area contributed by atoms with Gasteiger partial charge in [-0.25, -0.2) is 4.72 Å². The van der Waals surface area contributed by atoms with Gasteiger partial charge < -0.3 is 9.88 Å². The van der Waals surface area contributed by atoms with Gasteiger partial charge in [0.05, 0.1) is 0 Å². The highest BCUT2D eigenvalue weighted by atomic mass is 32.2. The average molecular weight is 336 g/mol. The fraction of sp³-hybridized carbons (Fsp3) is 0.500. The maximum Gasteiger partial charge on any atom is 0.279 e. The van der Waals surface area contributed by atoms with Crippen molar-refractivity contribution < 1.29 is 8.42 Å². The first-order chi connectivity index (χ1) is 11.1. The number of hydrogen-bond acceptors (Lipinski definition) is 3. The first-order valence-corrected chi connectivity index (χ1v) is 9.56. The van der Waals surface area contributed by atoms with Crippen molar-refractivity contribution in [2.45, 2.75) is 13.3 Å². The summed E-state index contributed by atoms with van der Waals surface area (Å²) in [4.78, 5) is 5.64. The van der Waals surface area contributed by atoms with Crippen LogP contribution in [0.4, 0.5) is 0 Å². The zero-order valence-electron chi connectivity index (χ0n) is 13.5. The minimum absolute atomic E-state index is 0.434. The van der Waals surface area contributed by atoms with E-state index in [0.29, 0.717) is 19.6 Å². The largest absolute Gasteiger partial charge is 0.361 e. The van der Waals surface area contributed by atoms with Gasteiger partial charge in [0.15, 0.2) is 0 Å². The number of piperazine rings is 1. The van der Waals surface area contributed by atoms with Gasteiger partial charge in [-0.15, -0.1) is 0 Å². The number of rotatable bonds is 6. The third-order valence-corrected chi connectivity index (χ3v) is 6.07. The van der Waals surface area contributed by atoms with Crippen molar-refractivity contribution in [1.82, 2.24) is 18.9 Å². The number of nitrogens with one attached hydrogen (secondary N) is 2. The molecule has 0 spiro atoms. The van der Waals surface area contributed by atoms with E-state index in [0.717, 1.165) is 26.1 Å². The Labute approximate surface area is 137 Å². The molecule has 1 fully saturated rings. The van der Waals surface area contributed by atoms with Gasteiger partial charge in [0, 0.05) is 56.4 Å². The van der Waals surface area contributed by atoms with Crippen LogP contribution in [0.3, 0.4) is 0 Å². The van der Waals surface area contributed by atoms with Gasteiger partial charge in [-0.2, -0.15) is 12.7 Å². The molecule has 23 heavy (non-hydrogen) atoms. The van der Waals surface area contributed by atoms with Crippen LogP contribution in [0, 0.1) is 0 Å². The monoisotopic (exact) mass is 336 g/mol. The number of benzene rings is 1. The normalized spacial score (nSPS) is 17.8. The molecule has 7 heteroatoms. The van der Waals surface area contributed by atoms with E-state index in [2.05, 4.69) is 39.0 Å². The first kappa shape index (κ1) is 16.4. The Kier molecular flexibility index (Phi) is 5.01. The van der Waals surface area contributed by atoms with Gasteiger partial charge in [0.1, 0.15) is 0 Å². The summed E-state index contributed by atoms with van der Waals surface area (Å²) in [6.07, 6.45) is 3.06. The van der Waals surface area contributed by atoms with E-state index < -0.39 is 10.2 Å². The molecule has 0 bridgehead atoms. The van der Waals surface area contributed by atoms with Gasteiger partial charge >= 0.3 is 0 Å². The maximum atomic E-state index is 12.0. The lowest BCUT2D eigenvalue weighted by Crippen LogP contribution is -2.52. The second kappa shape index (κ2) is 7.00. The summed E-state index contributed by atoms with van der Waals surface area (Å²) in [6.45, 7) is 5.88. The number of H-pyrrole nitrogens is 1. The van der Waals surface area contributed by atoms with Crippen LogP contribution in [0.2, 0.25) is 0 Å². The van der Waals surface area contributed by atoms with Gasteiger partial charge in [-0.1, -0.05) is 25.1 Å². The van der Waals surface area contributed by atoms with E-state index in [1.807, 2.05) is 6.07 Å². The molecule has 6 nitrogen and oxygen atoms in total. The van der Waals surface area contributed by atoms with Crippen molar-refractivity contribution >= 4 is 21.1 Å². The molecule has 0 saturated carbocycles. The molecule has 2 aromatic rings. The molecule has 0 unspecified atom stereocenters. The Morgan fingerprint density at radius 3 is 2.65 bits per heavy atom. The van der Waals surface area contributed by atoms with E-state index in [4.69, 9.17) is 0 Å². The molecule has 2 N–H and O–H groups in total. The highest BCUT2D eigenvalue weighted by Gasteiger charge is 2.25. The van der Waals surface area contributed by atoms with Crippen molar-refractivity contribution in [2.24, 2.45) is 0 Å². The van der Waals surface area contributed by atoms with Crippen LogP contribution >= 0.6 is 0 Å². The number of fused-ring (bicyclic) bond motifs is 1. The second-order valence-electron chi connectivity index (χ2n) is 5.85. The fourth-order valence-electron chi connectivity index (χ4n) is 3.08. The summed E-state index contributed by atoms with van der Waals surface area (Å²) in [5, 5.41) is 1.28. The topological polar surface area (TPSA) is 68.4 Å². The molecule has 3 rings (SSSR count). The zero-order chi connectivity index (χ0) is 16.3. The van der Waals surface area contributed by atoms with Crippen molar-refractivity contribution in [3.8, 4) is 0 Å². The third-order valence-electron chi connectivity index (χ3n) is 4.37. The maximum absolute atomic E-state index is 12.0. The predicted molar refractivity (Wildman–Crippen MR) is 92.6 cm³/mol. The van der Waals surface area contributed by atoms with Crippen LogP contribution in [-0.2, 0) is 16.6 Å². The molecule has 1 aromatic heterocycles. The smallest absolute Gasteiger partial charge is 0.279 e. The zero-order valence-corrected chi connectivity index (χ0v) is 14.3. The summed E-state index contributed by atoms with van der Waals surface area (Å²) in [6, 6.07) is 8.32. The van der Waals surface area contributed by atoms with E-state index in [9.17, 15) is 8.42 Å². The van der Waals surface area contributed by atoms with Crippen LogP contribution in [0.1, 0.15) is 12.5 Å². The standard InChI is InChI=1S/C16H24N4O2S/c1-2-18-23(21,22)20-11-9-19(10-12-20)8-7-14-13-17-16-6-4-3-5-15(14)16/h3-6,13,17-18H,2,7-12H2,1H3. The Hall–Kier alpha value is -1.41. The summed E-state index contributed by atoms with van der Waals surface area (Å²) >= 11 is 0. The van der Waals surface area contributed by atoms with E-state index >= 15 is 0 Å². The molecule has 126 valence electrons. The summed E-state index contributed by atoms with van der Waals surface area (Å²) < 4.78 is 28.0. The summed E-state index contributed by atoms with van der Waals surface area (Å²) in [5.74, 6) is 0. The Morgan fingerprint density at radius 2 is 1.91 bits per heavy atom. The second-order valence-corrected chi connectivity index (χ2v) is 7.61. The van der Waals surface area contributed by atoms with Crippen molar-refractivity contribution in [1.29, 1.82) is 0 Å². The fourth-order valence-corrected chi connectivity index (χ4v) is 4.28. The van der Waals surface area contributed by atoms with Gasteiger partial charge in [-0.05, 0) is 18.1 Å². The highest BCUT2D eigenvalue weighted by Crippen LogP contribution is 2.18. The van der Waals surface area contributed by atoms with Crippen LogP contribution in [0.15, 0.2) is 30.5 Å². The van der Waals surface area contributed by atoms with Crippen LogP contribution < -0.4 is 4.72 Å². The van der Waals surface area contributed by atoms with Crippen molar-refractivity contribution in [2.75, 3.05) is 39.3 Å². The molecule has 2 heterocycles. The molecule has 0 radical (unpaired) electrons.